The number of piperidine rings is 1. The standard InChI is InChI=1S/C23H30N2O3S/c1-19-9-5-6-13-21(19)17-24-23(26)22-14-7-15-25(18-22)29(27,28)16-8-12-20-10-3-2-4-11-20/h2-6,9-11,13,22H,7-8,12,14-18H2,1H3,(H,24,26)/t22-/m1/s1. The smallest absolute Gasteiger partial charge is 0.224 e. The van der Waals surface area contributed by atoms with Crippen molar-refractivity contribution in [3.8, 4) is 0 Å². The summed E-state index contributed by atoms with van der Waals surface area (Å²) in [6.45, 7) is 3.29. The van der Waals surface area contributed by atoms with E-state index >= 15 is 0 Å². The number of hydrogen-bond acceptors (Lipinski definition) is 3. The van der Waals surface area contributed by atoms with E-state index in [1.807, 2.05) is 61.5 Å². The summed E-state index contributed by atoms with van der Waals surface area (Å²) >= 11 is 0. The van der Waals surface area contributed by atoms with E-state index in [1.54, 1.807) is 0 Å². The maximum atomic E-state index is 12.8. The van der Waals surface area contributed by atoms with Crippen LogP contribution in [0.5, 0.6) is 0 Å². The van der Waals surface area contributed by atoms with E-state index in [1.165, 1.54) is 4.31 Å². The minimum atomic E-state index is -3.34. The van der Waals surface area contributed by atoms with Gasteiger partial charge in [0, 0.05) is 19.6 Å². The maximum absolute atomic E-state index is 12.8. The van der Waals surface area contributed by atoms with Crippen LogP contribution in [0.2, 0.25) is 0 Å². The van der Waals surface area contributed by atoms with E-state index < -0.39 is 10.0 Å². The van der Waals surface area contributed by atoms with Crippen LogP contribution in [0.3, 0.4) is 0 Å². The summed E-state index contributed by atoms with van der Waals surface area (Å²) in [6, 6.07) is 17.9. The summed E-state index contributed by atoms with van der Waals surface area (Å²) in [6.07, 6.45) is 2.79. The summed E-state index contributed by atoms with van der Waals surface area (Å²) in [7, 11) is -3.34. The highest BCUT2D eigenvalue weighted by Gasteiger charge is 2.31. The molecule has 1 aliphatic rings. The van der Waals surface area contributed by atoms with Crippen LogP contribution >= 0.6 is 0 Å². The molecule has 0 radical (unpaired) electrons. The van der Waals surface area contributed by atoms with Gasteiger partial charge in [-0.3, -0.25) is 4.79 Å². The highest BCUT2D eigenvalue weighted by molar-refractivity contribution is 7.89. The molecule has 1 atom stereocenters. The summed E-state index contributed by atoms with van der Waals surface area (Å²) in [5.74, 6) is -0.214. The number of carbonyl (C=O) groups is 1. The van der Waals surface area contributed by atoms with Gasteiger partial charge in [0.25, 0.3) is 0 Å². The molecule has 0 aromatic heterocycles. The predicted octanol–water partition coefficient (Wildman–Crippen LogP) is 3.29. The Labute approximate surface area is 174 Å². The summed E-state index contributed by atoms with van der Waals surface area (Å²) < 4.78 is 27.0. The lowest BCUT2D eigenvalue weighted by Crippen LogP contribution is -2.46. The van der Waals surface area contributed by atoms with E-state index in [4.69, 9.17) is 0 Å². The number of carbonyl (C=O) groups excluding carboxylic acids is 1. The van der Waals surface area contributed by atoms with E-state index in [0.717, 1.165) is 36.0 Å². The van der Waals surface area contributed by atoms with Gasteiger partial charge in [-0.1, -0.05) is 54.6 Å². The normalized spacial score (nSPS) is 17.8. The van der Waals surface area contributed by atoms with E-state index in [0.29, 0.717) is 19.5 Å². The van der Waals surface area contributed by atoms with Gasteiger partial charge >= 0.3 is 0 Å². The molecule has 1 fully saturated rings. The van der Waals surface area contributed by atoms with Crippen LogP contribution in [-0.4, -0.2) is 37.5 Å². The van der Waals surface area contributed by atoms with Crippen molar-refractivity contribution in [1.82, 2.24) is 9.62 Å². The van der Waals surface area contributed by atoms with E-state index in [-0.39, 0.29) is 24.1 Å². The minimum Gasteiger partial charge on any atom is -0.352 e. The van der Waals surface area contributed by atoms with Gasteiger partial charge in [-0.2, -0.15) is 0 Å². The van der Waals surface area contributed by atoms with Crippen LogP contribution in [0.15, 0.2) is 54.6 Å². The summed E-state index contributed by atoms with van der Waals surface area (Å²) in [5.41, 5.74) is 3.37. The number of amides is 1. The molecule has 29 heavy (non-hydrogen) atoms. The van der Waals surface area contributed by atoms with Gasteiger partial charge in [0.2, 0.25) is 15.9 Å². The number of rotatable bonds is 8. The first-order chi connectivity index (χ1) is 14.0. The summed E-state index contributed by atoms with van der Waals surface area (Å²) in [4.78, 5) is 12.6. The Bertz CT molecular complexity index is 913. The van der Waals surface area contributed by atoms with Gasteiger partial charge in [0.1, 0.15) is 0 Å². The third kappa shape index (κ3) is 6.15. The monoisotopic (exact) mass is 414 g/mol. The SMILES string of the molecule is Cc1ccccc1CNC(=O)[C@@H]1CCCN(S(=O)(=O)CCCc2ccccc2)C1. The fourth-order valence-electron chi connectivity index (χ4n) is 3.78. The molecule has 6 heteroatoms. The van der Waals surface area contributed by atoms with E-state index in [2.05, 4.69) is 5.32 Å². The molecule has 1 saturated heterocycles. The molecule has 1 N–H and O–H groups in total. The zero-order valence-corrected chi connectivity index (χ0v) is 17.8. The van der Waals surface area contributed by atoms with Crippen molar-refractivity contribution in [1.29, 1.82) is 0 Å². The van der Waals surface area contributed by atoms with Gasteiger partial charge in [0.05, 0.1) is 11.7 Å². The van der Waals surface area contributed by atoms with Crippen LogP contribution in [0.1, 0.15) is 36.0 Å². The first kappa shape index (κ1) is 21.5. The first-order valence-electron chi connectivity index (χ1n) is 10.3. The Kier molecular flexibility index (Phi) is 7.45. The lowest BCUT2D eigenvalue weighted by molar-refractivity contribution is -0.126. The zero-order chi connectivity index (χ0) is 20.7. The van der Waals surface area contributed by atoms with Crippen molar-refractivity contribution in [2.45, 2.75) is 39.2 Å². The first-order valence-corrected chi connectivity index (χ1v) is 11.9. The average Bonchev–Trinajstić information content (AvgIpc) is 2.74. The lowest BCUT2D eigenvalue weighted by atomic mass is 9.98. The van der Waals surface area contributed by atoms with Crippen LogP contribution in [0.4, 0.5) is 0 Å². The lowest BCUT2D eigenvalue weighted by Gasteiger charge is -2.31. The molecule has 156 valence electrons. The molecule has 0 spiro atoms. The van der Waals surface area contributed by atoms with Gasteiger partial charge < -0.3 is 5.32 Å². The Morgan fingerprint density at radius 1 is 1.10 bits per heavy atom. The van der Waals surface area contributed by atoms with Crippen molar-refractivity contribution in [3.63, 3.8) is 0 Å². The molecular weight excluding hydrogens is 384 g/mol. The number of nitrogens with one attached hydrogen (secondary N) is 1. The Morgan fingerprint density at radius 3 is 2.59 bits per heavy atom. The van der Waals surface area contributed by atoms with Gasteiger partial charge in [0.15, 0.2) is 0 Å². The van der Waals surface area contributed by atoms with Crippen LogP contribution in [-0.2, 0) is 27.8 Å². The molecule has 2 aromatic carbocycles. The molecule has 0 aliphatic carbocycles. The van der Waals surface area contributed by atoms with Crippen LogP contribution < -0.4 is 5.32 Å². The Morgan fingerprint density at radius 2 is 1.83 bits per heavy atom. The van der Waals surface area contributed by atoms with Crippen molar-refractivity contribution >= 4 is 15.9 Å². The zero-order valence-electron chi connectivity index (χ0n) is 17.0. The Balaban J connectivity index is 1.50. The second kappa shape index (κ2) is 10.0. The molecule has 5 nitrogen and oxygen atoms in total. The largest absolute Gasteiger partial charge is 0.352 e. The molecule has 1 heterocycles. The summed E-state index contributed by atoms with van der Waals surface area (Å²) in [5, 5.41) is 2.99. The maximum Gasteiger partial charge on any atom is 0.224 e. The van der Waals surface area contributed by atoms with Gasteiger partial charge in [-0.25, -0.2) is 12.7 Å². The Hall–Kier alpha value is -2.18. The molecule has 0 bridgehead atoms. The van der Waals surface area contributed by atoms with Gasteiger partial charge in [-0.15, -0.1) is 0 Å². The quantitative estimate of drug-likeness (QED) is 0.721. The number of aryl methyl sites for hydroxylation is 2. The molecule has 0 unspecified atom stereocenters. The second-order valence-electron chi connectivity index (χ2n) is 7.75. The number of nitrogens with zero attached hydrogens (tertiary/aromatic N) is 1. The van der Waals surface area contributed by atoms with Crippen molar-refractivity contribution in [2.75, 3.05) is 18.8 Å². The predicted molar refractivity (Wildman–Crippen MR) is 116 cm³/mol. The molecular formula is C23H30N2O3S. The van der Waals surface area contributed by atoms with Crippen LogP contribution in [0.25, 0.3) is 0 Å². The molecule has 1 amide bonds. The number of sulfonamides is 1. The van der Waals surface area contributed by atoms with Crippen molar-refractivity contribution < 1.29 is 13.2 Å². The van der Waals surface area contributed by atoms with Crippen LogP contribution in [0, 0.1) is 12.8 Å². The number of benzene rings is 2. The van der Waals surface area contributed by atoms with E-state index in [9.17, 15) is 13.2 Å². The third-order valence-electron chi connectivity index (χ3n) is 5.57. The molecule has 2 aromatic rings. The van der Waals surface area contributed by atoms with Gasteiger partial charge in [-0.05, 0) is 49.3 Å². The molecule has 1 aliphatic heterocycles. The third-order valence-corrected chi connectivity index (χ3v) is 7.50. The average molecular weight is 415 g/mol. The van der Waals surface area contributed by atoms with Crippen molar-refractivity contribution in [2.24, 2.45) is 5.92 Å². The minimum absolute atomic E-state index is 0.0579. The second-order valence-corrected chi connectivity index (χ2v) is 9.84. The highest BCUT2D eigenvalue weighted by Crippen LogP contribution is 2.21. The highest BCUT2D eigenvalue weighted by atomic mass is 32.2. The molecule has 0 saturated carbocycles. The fourth-order valence-corrected chi connectivity index (χ4v) is 5.36. The number of hydrogen-bond donors (Lipinski definition) is 1. The molecule has 3 rings (SSSR count). The van der Waals surface area contributed by atoms with Crippen molar-refractivity contribution in [3.05, 3.63) is 71.3 Å². The topological polar surface area (TPSA) is 66.5 Å². The fraction of sp³-hybridized carbons (Fsp3) is 0.435.